The summed E-state index contributed by atoms with van der Waals surface area (Å²) in [5, 5.41) is 14.1. The van der Waals surface area contributed by atoms with Crippen LogP contribution in [0.5, 0.6) is 11.5 Å². The molecule has 1 N–H and O–H groups in total. The number of hydrogen-bond acceptors (Lipinski definition) is 8. The lowest BCUT2D eigenvalue weighted by atomic mass is 10.0. The van der Waals surface area contributed by atoms with E-state index in [1.807, 2.05) is 0 Å². The first-order chi connectivity index (χ1) is 15.5. The minimum atomic E-state index is -3.80. The van der Waals surface area contributed by atoms with Gasteiger partial charge in [0.15, 0.2) is 9.84 Å². The van der Waals surface area contributed by atoms with E-state index in [0.29, 0.717) is 22.9 Å². The van der Waals surface area contributed by atoms with Crippen LogP contribution < -0.4 is 14.8 Å². The summed E-state index contributed by atoms with van der Waals surface area (Å²) >= 11 is 0. The predicted octanol–water partition coefficient (Wildman–Crippen LogP) is 2.27. The lowest BCUT2D eigenvalue weighted by Gasteiger charge is -2.20. The fraction of sp³-hybridized carbons (Fsp3) is 0.238. The first-order valence-electron chi connectivity index (χ1n) is 9.54. The largest absolute Gasteiger partial charge is 0.497 e. The van der Waals surface area contributed by atoms with Crippen LogP contribution in [0.2, 0.25) is 0 Å². The van der Waals surface area contributed by atoms with Crippen molar-refractivity contribution >= 4 is 21.4 Å². The third kappa shape index (κ3) is 5.29. The zero-order chi connectivity index (χ0) is 24.3. The Morgan fingerprint density at radius 1 is 1.12 bits per heavy atom. The fourth-order valence-electron chi connectivity index (χ4n) is 3.20. The minimum absolute atomic E-state index is 0.182. The Balaban J connectivity index is 2.10. The van der Waals surface area contributed by atoms with Crippen LogP contribution in [-0.4, -0.2) is 49.3 Å². The highest BCUT2D eigenvalue weighted by molar-refractivity contribution is 7.90. The van der Waals surface area contributed by atoms with Crippen LogP contribution in [0.4, 0.5) is 5.69 Å². The summed E-state index contributed by atoms with van der Waals surface area (Å²) < 4.78 is 36.3. The monoisotopic (exact) mass is 474 g/mol. The van der Waals surface area contributed by atoms with Gasteiger partial charge in [-0.1, -0.05) is 0 Å². The van der Waals surface area contributed by atoms with Crippen molar-refractivity contribution in [2.45, 2.75) is 10.9 Å². The predicted molar refractivity (Wildman–Crippen MR) is 118 cm³/mol. The van der Waals surface area contributed by atoms with Crippen molar-refractivity contribution in [1.82, 2.24) is 14.9 Å². The van der Waals surface area contributed by atoms with Gasteiger partial charge in [-0.25, -0.2) is 13.4 Å². The molecule has 2 aromatic carbocycles. The minimum Gasteiger partial charge on any atom is -0.497 e. The number of carbonyl (C=O) groups excluding carboxylic acids is 1. The maximum Gasteiger partial charge on any atom is 0.271 e. The third-order valence-corrected chi connectivity index (χ3v) is 5.98. The number of non-ortho nitro benzene ring substituents is 1. The number of nitrogens with one attached hydrogen (secondary N) is 1. The zero-order valence-corrected chi connectivity index (χ0v) is 19.1. The molecule has 0 aliphatic rings. The zero-order valence-electron chi connectivity index (χ0n) is 18.3. The van der Waals surface area contributed by atoms with Crippen LogP contribution in [0.15, 0.2) is 53.7 Å². The number of methoxy groups -OCH3 is 2. The van der Waals surface area contributed by atoms with Crippen molar-refractivity contribution < 1.29 is 27.6 Å². The Hall–Kier alpha value is -3.93. The van der Waals surface area contributed by atoms with E-state index >= 15 is 0 Å². The number of ether oxygens (including phenoxy) is 2. The van der Waals surface area contributed by atoms with Gasteiger partial charge in [0, 0.05) is 49.5 Å². The molecule has 0 saturated carbocycles. The first-order valence-corrected chi connectivity index (χ1v) is 11.4. The van der Waals surface area contributed by atoms with Gasteiger partial charge in [-0.2, -0.15) is 0 Å². The summed E-state index contributed by atoms with van der Waals surface area (Å²) in [6.07, 6.45) is 4.16. The van der Waals surface area contributed by atoms with Crippen LogP contribution >= 0.6 is 0 Å². The van der Waals surface area contributed by atoms with Crippen molar-refractivity contribution in [2.24, 2.45) is 7.05 Å². The number of imidazole rings is 1. The van der Waals surface area contributed by atoms with E-state index in [1.165, 1.54) is 14.2 Å². The number of carbonyl (C=O) groups is 1. The number of sulfone groups is 1. The molecule has 0 spiro atoms. The van der Waals surface area contributed by atoms with Crippen LogP contribution in [0, 0.1) is 10.1 Å². The number of nitrogens with zero attached hydrogens (tertiary/aromatic N) is 3. The summed E-state index contributed by atoms with van der Waals surface area (Å²) in [6, 6.07) is 7.28. The van der Waals surface area contributed by atoms with Crippen LogP contribution in [-0.2, 0) is 16.9 Å². The molecule has 33 heavy (non-hydrogen) atoms. The second-order valence-corrected chi connectivity index (χ2v) is 9.21. The number of benzene rings is 2. The van der Waals surface area contributed by atoms with E-state index in [0.717, 1.165) is 24.5 Å². The highest BCUT2D eigenvalue weighted by Crippen LogP contribution is 2.30. The Labute approximate surface area is 190 Å². The lowest BCUT2D eigenvalue weighted by molar-refractivity contribution is -0.385. The van der Waals surface area contributed by atoms with Crippen molar-refractivity contribution in [3.63, 3.8) is 0 Å². The Bertz CT molecular complexity index is 1300. The van der Waals surface area contributed by atoms with Gasteiger partial charge < -0.3 is 19.4 Å². The molecule has 0 bridgehead atoms. The van der Waals surface area contributed by atoms with E-state index in [2.05, 4.69) is 10.3 Å². The van der Waals surface area contributed by atoms with Gasteiger partial charge in [-0.05, 0) is 23.8 Å². The van der Waals surface area contributed by atoms with Crippen LogP contribution in [0.25, 0.3) is 0 Å². The number of rotatable bonds is 8. The maximum atomic E-state index is 13.2. The first kappa shape index (κ1) is 23.7. The van der Waals surface area contributed by atoms with Crippen molar-refractivity contribution in [3.8, 4) is 11.5 Å². The molecule has 0 saturated heterocycles. The van der Waals surface area contributed by atoms with Crippen molar-refractivity contribution in [2.75, 3.05) is 20.5 Å². The Morgan fingerprint density at radius 3 is 2.24 bits per heavy atom. The molecule has 3 rings (SSSR count). The van der Waals surface area contributed by atoms with E-state index < -0.39 is 32.4 Å². The summed E-state index contributed by atoms with van der Waals surface area (Å²) in [7, 11) is 0.924. The van der Waals surface area contributed by atoms with E-state index in [1.54, 1.807) is 42.2 Å². The SMILES string of the molecule is COc1cc(OC)cc(C(NC(=O)c2cc([N+](=O)[O-])cc(S(C)(=O)=O)c2)c2nccn2C)c1. The average Bonchev–Trinajstić information content (AvgIpc) is 3.21. The molecular formula is C21H22N4O7S. The summed E-state index contributed by atoms with van der Waals surface area (Å²) in [5.41, 5.74) is -0.124. The smallest absolute Gasteiger partial charge is 0.271 e. The van der Waals surface area contributed by atoms with Gasteiger partial charge in [0.05, 0.1) is 24.0 Å². The van der Waals surface area contributed by atoms with E-state index in [-0.39, 0.29) is 10.5 Å². The second-order valence-electron chi connectivity index (χ2n) is 7.19. The maximum absolute atomic E-state index is 13.2. The molecule has 1 atom stereocenters. The third-order valence-electron chi connectivity index (χ3n) is 4.89. The van der Waals surface area contributed by atoms with E-state index in [4.69, 9.17) is 9.47 Å². The molecule has 1 heterocycles. The number of nitro groups is 1. The molecule has 0 aliphatic heterocycles. The van der Waals surface area contributed by atoms with Gasteiger partial charge in [-0.15, -0.1) is 0 Å². The molecule has 11 nitrogen and oxygen atoms in total. The molecule has 1 unspecified atom stereocenters. The second kappa shape index (κ2) is 9.28. The molecule has 174 valence electrons. The highest BCUT2D eigenvalue weighted by Gasteiger charge is 2.25. The lowest BCUT2D eigenvalue weighted by Crippen LogP contribution is -2.31. The average molecular weight is 474 g/mol. The molecular weight excluding hydrogens is 452 g/mol. The molecule has 0 radical (unpaired) electrons. The number of nitro benzene ring substituents is 1. The number of amides is 1. The summed E-state index contributed by atoms with van der Waals surface area (Å²) in [5.74, 6) is 0.700. The molecule has 0 fully saturated rings. The van der Waals surface area contributed by atoms with Gasteiger partial charge in [0.1, 0.15) is 23.4 Å². The standard InChI is InChI=1S/C21H22N4O7S/c1-24-6-5-22-20(24)19(13-8-16(31-2)12-17(9-13)32-3)23-21(26)14-7-15(25(27)28)11-18(10-14)33(4,29)30/h5-12,19H,1-4H3,(H,23,26). The van der Waals surface area contributed by atoms with Gasteiger partial charge in [-0.3, -0.25) is 14.9 Å². The molecule has 1 aromatic heterocycles. The topological polar surface area (TPSA) is 143 Å². The number of hydrogen-bond donors (Lipinski definition) is 1. The number of aromatic nitrogens is 2. The number of aryl methyl sites for hydroxylation is 1. The highest BCUT2D eigenvalue weighted by atomic mass is 32.2. The molecule has 0 aliphatic carbocycles. The molecule has 12 heteroatoms. The van der Waals surface area contributed by atoms with Crippen molar-refractivity contribution in [1.29, 1.82) is 0 Å². The quantitative estimate of drug-likeness (QED) is 0.387. The van der Waals surface area contributed by atoms with Gasteiger partial charge >= 0.3 is 0 Å². The molecule has 3 aromatic rings. The van der Waals surface area contributed by atoms with Crippen molar-refractivity contribution in [3.05, 3.63) is 75.9 Å². The van der Waals surface area contributed by atoms with Gasteiger partial charge in [0.25, 0.3) is 11.6 Å². The van der Waals surface area contributed by atoms with E-state index in [9.17, 15) is 23.3 Å². The fourth-order valence-corrected chi connectivity index (χ4v) is 3.87. The summed E-state index contributed by atoms with van der Waals surface area (Å²) in [4.78, 5) is 27.7. The van der Waals surface area contributed by atoms with Crippen LogP contribution in [0.1, 0.15) is 27.8 Å². The Kier molecular flexibility index (Phi) is 6.68. The summed E-state index contributed by atoms with van der Waals surface area (Å²) in [6.45, 7) is 0. The normalized spacial score (nSPS) is 12.1. The molecule has 1 amide bonds. The van der Waals surface area contributed by atoms with Gasteiger partial charge in [0.2, 0.25) is 0 Å². The van der Waals surface area contributed by atoms with Crippen LogP contribution in [0.3, 0.4) is 0 Å². The Morgan fingerprint density at radius 2 is 1.76 bits per heavy atom.